The number of amides is 5. The normalized spacial score (nSPS) is 23.0. The fraction of sp³-hybridized carbons (Fsp3) is 0.350. The van der Waals surface area contributed by atoms with Crippen LogP contribution in [0.15, 0.2) is 60.7 Å². The number of benzene rings is 3. The third kappa shape index (κ3) is 5.95. The lowest BCUT2D eigenvalue weighted by Crippen LogP contribution is -2.74. The predicted molar refractivity (Wildman–Crippen MR) is 192 cm³/mol. The summed E-state index contributed by atoms with van der Waals surface area (Å²) in [6.45, 7) is 9.51. The summed E-state index contributed by atoms with van der Waals surface area (Å²) in [6.07, 6.45) is -0.0310. The quantitative estimate of drug-likeness (QED) is 0.275. The van der Waals surface area contributed by atoms with Crippen molar-refractivity contribution in [2.24, 2.45) is 16.7 Å². The van der Waals surface area contributed by atoms with Crippen LogP contribution in [-0.4, -0.2) is 65.7 Å². The number of nitriles is 1. The summed E-state index contributed by atoms with van der Waals surface area (Å²) >= 11 is 6.21. The van der Waals surface area contributed by atoms with Crippen molar-refractivity contribution in [3.63, 3.8) is 0 Å². The fourth-order valence-electron chi connectivity index (χ4n) is 8.14. The maximum atomic E-state index is 13.3. The zero-order valence-electron chi connectivity index (χ0n) is 29.1. The molecule has 0 aromatic heterocycles. The van der Waals surface area contributed by atoms with Gasteiger partial charge in [0.25, 0.3) is 17.7 Å². The highest BCUT2D eigenvalue weighted by Gasteiger charge is 2.64. The zero-order chi connectivity index (χ0) is 37.1. The van der Waals surface area contributed by atoms with E-state index in [-0.39, 0.29) is 58.8 Å². The molecule has 5 amide bonds. The number of hydrogen-bond acceptors (Lipinski definition) is 8. The average Bonchev–Trinajstić information content (AvgIpc) is 3.33. The molecule has 3 aliphatic heterocycles. The van der Waals surface area contributed by atoms with E-state index in [1.165, 1.54) is 0 Å². The van der Waals surface area contributed by atoms with Crippen LogP contribution in [0.2, 0.25) is 5.02 Å². The molecule has 52 heavy (non-hydrogen) atoms. The molecule has 2 saturated heterocycles. The van der Waals surface area contributed by atoms with Crippen molar-refractivity contribution in [3.8, 4) is 23.7 Å². The van der Waals surface area contributed by atoms with E-state index in [0.29, 0.717) is 35.0 Å². The molecule has 12 heteroatoms. The Kier molecular flexibility index (Phi) is 8.59. The summed E-state index contributed by atoms with van der Waals surface area (Å²) in [4.78, 5) is 66.5. The van der Waals surface area contributed by atoms with Crippen molar-refractivity contribution < 1.29 is 28.7 Å². The van der Waals surface area contributed by atoms with Gasteiger partial charge in [-0.2, -0.15) is 5.26 Å². The summed E-state index contributed by atoms with van der Waals surface area (Å²) in [6, 6.07) is 18.2. The van der Waals surface area contributed by atoms with Crippen LogP contribution in [0.3, 0.4) is 0 Å². The smallest absolute Gasteiger partial charge is 0.262 e. The lowest BCUT2D eigenvalue weighted by molar-refractivity contribution is -0.164. The van der Waals surface area contributed by atoms with E-state index in [1.807, 2.05) is 12.1 Å². The lowest BCUT2D eigenvalue weighted by Gasteiger charge is -2.63. The zero-order valence-corrected chi connectivity index (χ0v) is 29.8. The molecule has 0 radical (unpaired) electrons. The molecule has 3 heterocycles. The summed E-state index contributed by atoms with van der Waals surface area (Å²) < 4.78 is 6.33. The largest absolute Gasteiger partial charge is 0.489 e. The number of nitrogens with zero attached hydrogens (tertiary/aromatic N) is 3. The predicted octanol–water partition coefficient (Wildman–Crippen LogP) is 4.71. The molecule has 1 saturated carbocycles. The lowest BCUT2D eigenvalue weighted by atomic mass is 9.49. The van der Waals surface area contributed by atoms with Gasteiger partial charge in [0.05, 0.1) is 27.6 Å². The Morgan fingerprint density at radius 1 is 0.942 bits per heavy atom. The standard InChI is InChI=1S/C40H36ClN5O6/c1-39(2)37(40(3,4)38(39)52-27-13-11-25(19-42)30(41)18-27)44-33(48)24-9-7-22(8-10-24)5-6-23-20-45(21-23)26-12-14-28-29(17-26)36(51)46(35(28)50)31-15-16-32(47)43-34(31)49/h7-14,17-18,23,31,37-38H,15-16,20-21H2,1-4H3,(H,44,48)(H,43,47,49)/t31?,37-,38-. The summed E-state index contributed by atoms with van der Waals surface area (Å²) in [7, 11) is 0. The number of imide groups is 2. The van der Waals surface area contributed by atoms with Crippen LogP contribution in [0.1, 0.15) is 82.7 Å². The maximum Gasteiger partial charge on any atom is 0.262 e. The first kappa shape index (κ1) is 34.8. The average molecular weight is 718 g/mol. The number of nitrogens with one attached hydrogen (secondary N) is 2. The van der Waals surface area contributed by atoms with Gasteiger partial charge in [-0.25, -0.2) is 0 Å². The Bertz CT molecular complexity index is 2140. The number of fused-ring (bicyclic) bond motifs is 1. The molecular formula is C40H36ClN5O6. The number of carbonyl (C=O) groups is 5. The van der Waals surface area contributed by atoms with Gasteiger partial charge in [0.15, 0.2) is 0 Å². The minimum Gasteiger partial charge on any atom is -0.489 e. The van der Waals surface area contributed by atoms with Crippen LogP contribution in [-0.2, 0) is 9.59 Å². The highest BCUT2D eigenvalue weighted by Crippen LogP contribution is 2.55. The van der Waals surface area contributed by atoms with Gasteiger partial charge >= 0.3 is 0 Å². The second kappa shape index (κ2) is 12.8. The van der Waals surface area contributed by atoms with Crippen molar-refractivity contribution in [2.75, 3.05) is 18.0 Å². The molecule has 2 N–H and O–H groups in total. The number of anilines is 1. The Balaban J connectivity index is 0.931. The molecule has 0 spiro atoms. The number of halogens is 1. The van der Waals surface area contributed by atoms with E-state index in [4.69, 9.17) is 16.3 Å². The number of rotatable bonds is 6. The minimum absolute atomic E-state index is 0.0687. The third-order valence-electron chi connectivity index (χ3n) is 10.7. The van der Waals surface area contributed by atoms with Gasteiger partial charge in [0.2, 0.25) is 11.8 Å². The van der Waals surface area contributed by atoms with Crippen LogP contribution < -0.4 is 20.3 Å². The summed E-state index contributed by atoms with van der Waals surface area (Å²) in [5.41, 5.74) is 2.20. The number of carbonyl (C=O) groups excluding carboxylic acids is 5. The molecule has 264 valence electrons. The van der Waals surface area contributed by atoms with Crippen molar-refractivity contribution in [3.05, 3.63) is 93.5 Å². The first-order chi connectivity index (χ1) is 24.7. The number of ether oxygens (including phenoxy) is 1. The first-order valence-corrected chi connectivity index (χ1v) is 17.5. The van der Waals surface area contributed by atoms with Gasteiger partial charge in [-0.05, 0) is 61.0 Å². The molecule has 3 aromatic rings. The Morgan fingerprint density at radius 2 is 1.63 bits per heavy atom. The van der Waals surface area contributed by atoms with Gasteiger partial charge < -0.3 is 15.0 Å². The Labute approximate surface area is 306 Å². The van der Waals surface area contributed by atoms with Crippen molar-refractivity contribution >= 4 is 46.8 Å². The second-order valence-electron chi connectivity index (χ2n) is 14.9. The van der Waals surface area contributed by atoms with Crippen LogP contribution >= 0.6 is 11.6 Å². The fourth-order valence-corrected chi connectivity index (χ4v) is 8.35. The van der Waals surface area contributed by atoms with E-state index in [1.54, 1.807) is 48.5 Å². The molecular weight excluding hydrogens is 682 g/mol. The maximum absolute atomic E-state index is 13.3. The molecule has 11 nitrogen and oxygen atoms in total. The van der Waals surface area contributed by atoms with Crippen LogP contribution in [0.4, 0.5) is 5.69 Å². The van der Waals surface area contributed by atoms with Gasteiger partial charge in [0.1, 0.15) is 24.0 Å². The first-order valence-electron chi connectivity index (χ1n) is 17.1. The minimum atomic E-state index is -1.00. The van der Waals surface area contributed by atoms with Crippen LogP contribution in [0.25, 0.3) is 0 Å². The molecule has 0 bridgehead atoms. The number of hydrogen-bond donors (Lipinski definition) is 2. The van der Waals surface area contributed by atoms with E-state index >= 15 is 0 Å². The van der Waals surface area contributed by atoms with Crippen molar-refractivity contribution in [1.29, 1.82) is 5.26 Å². The Hall–Kier alpha value is -5.65. The summed E-state index contributed by atoms with van der Waals surface area (Å²) in [5, 5.41) is 14.9. The third-order valence-corrected chi connectivity index (χ3v) is 11.0. The highest BCUT2D eigenvalue weighted by atomic mass is 35.5. The molecule has 1 aliphatic carbocycles. The van der Waals surface area contributed by atoms with Crippen molar-refractivity contribution in [2.45, 2.75) is 58.7 Å². The van der Waals surface area contributed by atoms with E-state index < -0.39 is 29.7 Å². The second-order valence-corrected chi connectivity index (χ2v) is 15.3. The van der Waals surface area contributed by atoms with Gasteiger partial charge in [-0.15, -0.1) is 0 Å². The summed E-state index contributed by atoms with van der Waals surface area (Å²) in [5.74, 6) is 4.85. The van der Waals surface area contributed by atoms with E-state index in [2.05, 4.69) is 61.1 Å². The Morgan fingerprint density at radius 3 is 2.29 bits per heavy atom. The molecule has 3 fully saturated rings. The van der Waals surface area contributed by atoms with E-state index in [0.717, 1.165) is 16.2 Å². The van der Waals surface area contributed by atoms with Gasteiger partial charge in [-0.1, -0.05) is 51.1 Å². The van der Waals surface area contributed by atoms with Crippen LogP contribution in [0.5, 0.6) is 5.75 Å². The van der Waals surface area contributed by atoms with Gasteiger partial charge in [0, 0.05) is 59.3 Å². The SMILES string of the molecule is CC1(C)[C@H](NC(=O)c2ccc(C#CC3CN(c4ccc5c(c4)C(=O)N(C4CCC(=O)NC4=O)C5=O)C3)cc2)C(C)(C)[C@H]1Oc1ccc(C#N)c(Cl)c1. The highest BCUT2D eigenvalue weighted by molar-refractivity contribution is 6.31. The monoisotopic (exact) mass is 717 g/mol. The van der Waals surface area contributed by atoms with Crippen LogP contribution in [0, 0.1) is 39.9 Å². The topological polar surface area (TPSA) is 149 Å². The molecule has 4 aliphatic rings. The van der Waals surface area contributed by atoms with Gasteiger partial charge in [-0.3, -0.25) is 34.2 Å². The molecule has 1 atom stereocenters. The number of piperidine rings is 1. The molecule has 7 rings (SSSR count). The van der Waals surface area contributed by atoms with E-state index in [9.17, 15) is 29.2 Å². The molecule has 1 unspecified atom stereocenters. The van der Waals surface area contributed by atoms with Crippen molar-refractivity contribution in [1.82, 2.24) is 15.5 Å². The molecule has 3 aromatic carbocycles.